The molecule has 0 spiro atoms. The molecule has 0 bridgehead atoms. The van der Waals surface area contributed by atoms with E-state index < -0.39 is 54.5 Å². The zero-order valence-corrected chi connectivity index (χ0v) is 24.0. The predicted molar refractivity (Wildman–Crippen MR) is 148 cm³/mol. The van der Waals surface area contributed by atoms with Crippen LogP contribution < -0.4 is 0 Å². The molecule has 5 unspecified atom stereocenters. The number of benzene rings is 2. The van der Waals surface area contributed by atoms with E-state index in [-0.39, 0.29) is 12.4 Å². The lowest BCUT2D eigenvalue weighted by atomic mass is 9.97. The number of carbonyl (C=O) groups is 5. The molecule has 1 aliphatic rings. The van der Waals surface area contributed by atoms with Gasteiger partial charge in [-0.15, -0.1) is 0 Å². The molecule has 42 heavy (non-hydrogen) atoms. The largest absolute Gasteiger partial charge is 0.463 e. The van der Waals surface area contributed by atoms with E-state index in [1.54, 1.807) is 47.2 Å². The first-order valence-corrected chi connectivity index (χ1v) is 13.5. The Morgan fingerprint density at radius 3 is 1.95 bits per heavy atom. The monoisotopic (exact) mass is 579 g/mol. The van der Waals surface area contributed by atoms with Crippen LogP contribution in [0, 0.1) is 0 Å². The molecule has 2 aromatic carbocycles. The van der Waals surface area contributed by atoms with Crippen LogP contribution in [0.25, 0.3) is 10.9 Å². The molecule has 1 fully saturated rings. The molecule has 11 heteroatoms. The Balaban J connectivity index is 1.87. The molecule has 0 amide bonds. The minimum atomic E-state index is -1.34. The van der Waals surface area contributed by atoms with Gasteiger partial charge in [-0.05, 0) is 18.1 Å². The van der Waals surface area contributed by atoms with Crippen LogP contribution in [0.4, 0.5) is 0 Å². The fourth-order valence-corrected chi connectivity index (χ4v) is 5.07. The molecule has 1 aliphatic heterocycles. The molecular weight excluding hydrogens is 546 g/mol. The number of para-hydroxylation sites is 1. The summed E-state index contributed by atoms with van der Waals surface area (Å²) in [5.41, 5.74) is 2.50. The maximum Gasteiger partial charge on any atom is 0.303 e. The van der Waals surface area contributed by atoms with E-state index in [2.05, 4.69) is 0 Å². The SMILES string of the molecule is CCc1ccc(C(=O)c2cn(C3OC(COC(C)=O)C(OC(C)=O)C(OC(C)=O)C3OC(C)=O)c3ccccc23)cc1. The molecule has 5 atom stereocenters. The summed E-state index contributed by atoms with van der Waals surface area (Å²) in [4.78, 5) is 62.0. The lowest BCUT2D eigenvalue weighted by Crippen LogP contribution is -2.60. The standard InChI is InChI=1S/C31H33NO10/c1-6-21-11-13-22(14-12-21)27(37)24-15-32(25-10-8-7-9-23(24)25)31-30(41-20(5)36)29(40-19(4)35)28(39-18(3)34)26(42-31)16-38-17(2)33/h7-15,26,28-31H,6,16H2,1-5H3. The lowest BCUT2D eigenvalue weighted by Gasteiger charge is -2.44. The van der Waals surface area contributed by atoms with E-state index >= 15 is 0 Å². The van der Waals surface area contributed by atoms with Gasteiger partial charge in [0.2, 0.25) is 0 Å². The maximum atomic E-state index is 13.7. The van der Waals surface area contributed by atoms with Crippen molar-refractivity contribution in [3.63, 3.8) is 0 Å². The van der Waals surface area contributed by atoms with E-state index in [1.165, 1.54) is 13.8 Å². The third-order valence-corrected chi connectivity index (χ3v) is 6.85. The number of esters is 4. The Hall–Kier alpha value is -4.51. The van der Waals surface area contributed by atoms with Gasteiger partial charge in [0.1, 0.15) is 12.7 Å². The molecule has 1 aromatic heterocycles. The summed E-state index contributed by atoms with van der Waals surface area (Å²) in [6.07, 6.45) is -3.83. The number of aromatic nitrogens is 1. The second-order valence-corrected chi connectivity index (χ2v) is 9.94. The highest BCUT2D eigenvalue weighted by Crippen LogP contribution is 2.38. The highest BCUT2D eigenvalue weighted by molar-refractivity contribution is 6.16. The Labute approximate surface area is 242 Å². The van der Waals surface area contributed by atoms with Crippen molar-refractivity contribution in [2.45, 2.75) is 71.7 Å². The molecule has 0 aliphatic carbocycles. The zero-order valence-electron chi connectivity index (χ0n) is 24.0. The van der Waals surface area contributed by atoms with Crippen LogP contribution in [0.2, 0.25) is 0 Å². The van der Waals surface area contributed by atoms with Crippen molar-refractivity contribution in [1.29, 1.82) is 0 Å². The Morgan fingerprint density at radius 1 is 0.762 bits per heavy atom. The number of carbonyl (C=O) groups excluding carboxylic acids is 5. The van der Waals surface area contributed by atoms with E-state index in [4.69, 9.17) is 23.7 Å². The van der Waals surface area contributed by atoms with E-state index in [0.717, 1.165) is 25.8 Å². The summed E-state index contributed by atoms with van der Waals surface area (Å²) < 4.78 is 29.8. The summed E-state index contributed by atoms with van der Waals surface area (Å²) in [7, 11) is 0. The van der Waals surface area contributed by atoms with Crippen molar-refractivity contribution >= 4 is 40.6 Å². The van der Waals surface area contributed by atoms with Gasteiger partial charge < -0.3 is 28.3 Å². The van der Waals surface area contributed by atoms with Crippen LogP contribution in [-0.4, -0.2) is 65.3 Å². The van der Waals surface area contributed by atoms with Crippen molar-refractivity contribution < 1.29 is 47.7 Å². The normalized spacial score (nSPS) is 21.8. The van der Waals surface area contributed by atoms with Crippen LogP contribution in [0.5, 0.6) is 0 Å². The Bertz CT molecular complexity index is 1490. The van der Waals surface area contributed by atoms with E-state index in [0.29, 0.717) is 22.0 Å². The minimum absolute atomic E-state index is 0.238. The quantitative estimate of drug-likeness (QED) is 0.210. The van der Waals surface area contributed by atoms with Gasteiger partial charge in [0.15, 0.2) is 30.3 Å². The van der Waals surface area contributed by atoms with Crippen molar-refractivity contribution in [2.75, 3.05) is 6.61 Å². The number of nitrogens with zero attached hydrogens (tertiary/aromatic N) is 1. The van der Waals surface area contributed by atoms with Gasteiger partial charge in [0, 0.05) is 50.4 Å². The fourth-order valence-electron chi connectivity index (χ4n) is 5.07. The number of hydrogen-bond acceptors (Lipinski definition) is 10. The van der Waals surface area contributed by atoms with E-state index in [9.17, 15) is 24.0 Å². The van der Waals surface area contributed by atoms with Gasteiger partial charge in [-0.1, -0.05) is 49.4 Å². The first-order chi connectivity index (χ1) is 20.0. The third-order valence-electron chi connectivity index (χ3n) is 6.85. The molecule has 222 valence electrons. The van der Waals surface area contributed by atoms with Crippen LogP contribution in [0.3, 0.4) is 0 Å². The zero-order chi connectivity index (χ0) is 30.6. The highest BCUT2D eigenvalue weighted by Gasteiger charge is 2.53. The van der Waals surface area contributed by atoms with Crippen molar-refractivity contribution in [3.8, 4) is 0 Å². The summed E-state index contributed by atoms with van der Waals surface area (Å²) >= 11 is 0. The van der Waals surface area contributed by atoms with E-state index in [1.807, 2.05) is 19.1 Å². The molecule has 4 rings (SSSR count). The van der Waals surface area contributed by atoms with Gasteiger partial charge >= 0.3 is 23.9 Å². The van der Waals surface area contributed by atoms with Crippen molar-refractivity contribution in [3.05, 3.63) is 71.4 Å². The summed E-state index contributed by atoms with van der Waals surface area (Å²) in [5, 5.41) is 0.606. The van der Waals surface area contributed by atoms with Crippen molar-refractivity contribution in [1.82, 2.24) is 4.57 Å². The molecule has 0 N–H and O–H groups in total. The second kappa shape index (κ2) is 13.0. The number of hydrogen-bond donors (Lipinski definition) is 0. The van der Waals surface area contributed by atoms with Gasteiger partial charge in [0.25, 0.3) is 0 Å². The maximum absolute atomic E-state index is 13.7. The summed E-state index contributed by atoms with van der Waals surface area (Å²) in [6, 6.07) is 14.4. The lowest BCUT2D eigenvalue weighted by molar-refractivity contribution is -0.267. The van der Waals surface area contributed by atoms with Gasteiger partial charge in [-0.3, -0.25) is 24.0 Å². The van der Waals surface area contributed by atoms with Crippen LogP contribution in [0.15, 0.2) is 54.7 Å². The Kier molecular flexibility index (Phi) is 9.41. The second-order valence-electron chi connectivity index (χ2n) is 9.94. The molecule has 2 heterocycles. The minimum Gasteiger partial charge on any atom is -0.463 e. The molecule has 0 saturated carbocycles. The van der Waals surface area contributed by atoms with Crippen LogP contribution in [-0.2, 0) is 49.3 Å². The molecule has 11 nitrogen and oxygen atoms in total. The molecular formula is C31H33NO10. The molecule has 3 aromatic rings. The molecule has 0 radical (unpaired) electrons. The Morgan fingerprint density at radius 2 is 1.36 bits per heavy atom. The number of ketones is 1. The smallest absolute Gasteiger partial charge is 0.303 e. The first-order valence-electron chi connectivity index (χ1n) is 13.5. The number of ether oxygens (including phenoxy) is 5. The number of aryl methyl sites for hydroxylation is 1. The molecule has 1 saturated heterocycles. The van der Waals surface area contributed by atoms with Crippen LogP contribution in [0.1, 0.15) is 62.3 Å². The predicted octanol–water partition coefficient (Wildman–Crippen LogP) is 3.69. The van der Waals surface area contributed by atoms with Crippen LogP contribution >= 0.6 is 0 Å². The highest BCUT2D eigenvalue weighted by atomic mass is 16.7. The number of fused-ring (bicyclic) bond motifs is 1. The average Bonchev–Trinajstić information content (AvgIpc) is 3.32. The van der Waals surface area contributed by atoms with Gasteiger partial charge in [-0.25, -0.2) is 0 Å². The first kappa shape index (κ1) is 30.4. The van der Waals surface area contributed by atoms with Gasteiger partial charge in [-0.2, -0.15) is 0 Å². The topological polar surface area (TPSA) is 136 Å². The average molecular weight is 580 g/mol. The summed E-state index contributed by atoms with van der Waals surface area (Å²) in [6.45, 7) is 6.37. The third kappa shape index (κ3) is 6.68. The fraction of sp³-hybridized carbons (Fsp3) is 0.387. The van der Waals surface area contributed by atoms with Gasteiger partial charge in [0.05, 0.1) is 5.52 Å². The summed E-state index contributed by atoms with van der Waals surface area (Å²) in [5.74, 6) is -3.02. The number of rotatable bonds is 9. The van der Waals surface area contributed by atoms with Crippen molar-refractivity contribution in [2.24, 2.45) is 0 Å².